The van der Waals surface area contributed by atoms with Gasteiger partial charge in [0.1, 0.15) is 0 Å². The standard InChI is InChI=1S/C16H16N3O/c1-2-10-19(20)13-7-5-6-12(11-13)16(18)14-8-3-4-9-15(14)17/h2-9,11,18H,1,10,17H2/q+1. The summed E-state index contributed by atoms with van der Waals surface area (Å²) in [5.41, 5.74) is 8.55. The van der Waals surface area contributed by atoms with E-state index in [9.17, 15) is 4.91 Å². The topological polar surface area (TPSA) is 70.0 Å². The number of para-hydroxylation sites is 1. The predicted molar refractivity (Wildman–Crippen MR) is 81.6 cm³/mol. The van der Waals surface area contributed by atoms with Crippen LogP contribution in [0.4, 0.5) is 11.4 Å². The Morgan fingerprint density at radius 1 is 1.25 bits per heavy atom. The van der Waals surface area contributed by atoms with Crippen molar-refractivity contribution in [3.05, 3.63) is 77.2 Å². The van der Waals surface area contributed by atoms with Crippen molar-refractivity contribution in [3.8, 4) is 0 Å². The van der Waals surface area contributed by atoms with Crippen molar-refractivity contribution < 1.29 is 4.76 Å². The highest BCUT2D eigenvalue weighted by Gasteiger charge is 2.14. The first kappa shape index (κ1) is 13.7. The molecule has 0 radical (unpaired) electrons. The van der Waals surface area contributed by atoms with Gasteiger partial charge in [-0.15, -0.1) is 0 Å². The van der Waals surface area contributed by atoms with Crippen LogP contribution in [0.15, 0.2) is 61.2 Å². The van der Waals surface area contributed by atoms with E-state index in [0.29, 0.717) is 28.2 Å². The van der Waals surface area contributed by atoms with Crippen molar-refractivity contribution in [1.82, 2.24) is 0 Å². The van der Waals surface area contributed by atoms with Crippen molar-refractivity contribution in [2.24, 2.45) is 0 Å². The second-order valence-corrected chi connectivity index (χ2v) is 4.36. The Labute approximate surface area is 117 Å². The summed E-state index contributed by atoms with van der Waals surface area (Å²) in [4.78, 5) is 11.8. The van der Waals surface area contributed by atoms with Gasteiger partial charge < -0.3 is 5.73 Å². The summed E-state index contributed by atoms with van der Waals surface area (Å²) >= 11 is 0. The summed E-state index contributed by atoms with van der Waals surface area (Å²) in [6.45, 7) is 3.76. The third-order valence-electron chi connectivity index (χ3n) is 2.95. The summed E-state index contributed by atoms with van der Waals surface area (Å²) in [6.07, 6.45) is 1.54. The summed E-state index contributed by atoms with van der Waals surface area (Å²) in [7, 11) is 0. The number of nitrogens with two attached hydrogens (primary N) is 1. The van der Waals surface area contributed by atoms with Crippen molar-refractivity contribution in [2.45, 2.75) is 0 Å². The minimum atomic E-state index is 0.213. The van der Waals surface area contributed by atoms with Gasteiger partial charge in [0, 0.05) is 38.6 Å². The molecule has 0 aliphatic rings. The van der Waals surface area contributed by atoms with Crippen LogP contribution in [0.3, 0.4) is 0 Å². The first-order valence-corrected chi connectivity index (χ1v) is 6.23. The van der Waals surface area contributed by atoms with Crippen LogP contribution in [-0.4, -0.2) is 17.0 Å². The molecule has 100 valence electrons. The highest BCUT2D eigenvalue weighted by Crippen LogP contribution is 2.20. The molecule has 4 nitrogen and oxygen atoms in total. The number of nitroso groups, excluding NO2 is 1. The molecule has 0 aliphatic heterocycles. The van der Waals surface area contributed by atoms with Gasteiger partial charge in [-0.3, -0.25) is 5.41 Å². The molecule has 0 heterocycles. The molecule has 0 aromatic heterocycles. The fraction of sp³-hybridized carbons (Fsp3) is 0.0625. The van der Waals surface area contributed by atoms with E-state index >= 15 is 0 Å². The van der Waals surface area contributed by atoms with Gasteiger partial charge in [0.05, 0.1) is 5.71 Å². The average molecular weight is 266 g/mol. The van der Waals surface area contributed by atoms with E-state index in [1.165, 1.54) is 0 Å². The number of nitrogen functional groups attached to an aromatic ring is 1. The van der Waals surface area contributed by atoms with Gasteiger partial charge >= 0.3 is 0 Å². The number of hydrogen-bond acceptors (Lipinski definition) is 3. The fourth-order valence-corrected chi connectivity index (χ4v) is 1.92. The lowest BCUT2D eigenvalue weighted by molar-refractivity contribution is -0.451. The van der Waals surface area contributed by atoms with Crippen LogP contribution in [-0.2, 0) is 0 Å². The van der Waals surface area contributed by atoms with Gasteiger partial charge in [0.2, 0.25) is 6.54 Å². The lowest BCUT2D eigenvalue weighted by Crippen LogP contribution is -2.06. The van der Waals surface area contributed by atoms with Crippen LogP contribution in [0.5, 0.6) is 0 Å². The second kappa shape index (κ2) is 5.93. The lowest BCUT2D eigenvalue weighted by Gasteiger charge is -2.07. The Morgan fingerprint density at radius 2 is 2.00 bits per heavy atom. The molecule has 0 saturated heterocycles. The maximum absolute atomic E-state index is 11.8. The molecule has 0 fully saturated rings. The first-order chi connectivity index (χ1) is 9.63. The van der Waals surface area contributed by atoms with Crippen molar-refractivity contribution in [1.29, 1.82) is 5.41 Å². The molecule has 0 spiro atoms. The fourth-order valence-electron chi connectivity index (χ4n) is 1.92. The molecule has 4 heteroatoms. The SMILES string of the molecule is C=CC[N+](=O)c1cccc(C(=N)c2ccccc2N)c1. The van der Waals surface area contributed by atoms with E-state index in [0.717, 1.165) is 4.76 Å². The molecule has 0 atom stereocenters. The second-order valence-electron chi connectivity index (χ2n) is 4.36. The van der Waals surface area contributed by atoms with Crippen LogP contribution in [0.25, 0.3) is 0 Å². The Morgan fingerprint density at radius 3 is 2.70 bits per heavy atom. The molecule has 0 amide bonds. The normalized spacial score (nSPS) is 10.0. The van der Waals surface area contributed by atoms with E-state index in [1.807, 2.05) is 12.1 Å². The lowest BCUT2D eigenvalue weighted by atomic mass is 10.0. The molecular formula is C16H16N3O+. The molecule has 2 aromatic carbocycles. The number of nitrogens with zero attached hydrogens (tertiary/aromatic N) is 1. The monoisotopic (exact) mass is 266 g/mol. The third kappa shape index (κ3) is 2.80. The predicted octanol–water partition coefficient (Wildman–Crippen LogP) is 3.28. The van der Waals surface area contributed by atoms with E-state index in [2.05, 4.69) is 6.58 Å². The summed E-state index contributed by atoms with van der Waals surface area (Å²) < 4.78 is 0.831. The zero-order valence-electron chi connectivity index (χ0n) is 11.0. The van der Waals surface area contributed by atoms with Crippen LogP contribution < -0.4 is 5.73 Å². The number of anilines is 1. The third-order valence-corrected chi connectivity index (χ3v) is 2.95. The number of benzene rings is 2. The van der Waals surface area contributed by atoms with Crippen molar-refractivity contribution in [2.75, 3.05) is 12.3 Å². The Balaban J connectivity index is 2.36. The summed E-state index contributed by atoms with van der Waals surface area (Å²) in [6, 6.07) is 14.2. The van der Waals surface area contributed by atoms with Gasteiger partial charge in [-0.2, -0.15) is 0 Å². The molecule has 2 aromatic rings. The molecule has 0 saturated carbocycles. The molecule has 0 unspecified atom stereocenters. The van der Waals surface area contributed by atoms with Crippen molar-refractivity contribution in [3.63, 3.8) is 0 Å². The minimum absolute atomic E-state index is 0.213. The molecule has 20 heavy (non-hydrogen) atoms. The van der Waals surface area contributed by atoms with Crippen LogP contribution >= 0.6 is 0 Å². The van der Waals surface area contributed by atoms with E-state index in [1.54, 1.807) is 42.5 Å². The zero-order valence-corrected chi connectivity index (χ0v) is 11.0. The molecule has 3 N–H and O–H groups in total. The van der Waals surface area contributed by atoms with E-state index < -0.39 is 0 Å². The maximum atomic E-state index is 11.8. The first-order valence-electron chi connectivity index (χ1n) is 6.23. The van der Waals surface area contributed by atoms with Gasteiger partial charge in [0.25, 0.3) is 5.69 Å². The Hall–Kier alpha value is -2.75. The maximum Gasteiger partial charge on any atom is 0.257 e. The molecule has 2 rings (SSSR count). The van der Waals surface area contributed by atoms with Crippen molar-refractivity contribution >= 4 is 17.1 Å². The molecule has 0 bridgehead atoms. The zero-order chi connectivity index (χ0) is 14.5. The number of nitrogens with one attached hydrogen (secondary N) is 1. The summed E-state index contributed by atoms with van der Waals surface area (Å²) in [5, 5.41) is 8.23. The van der Waals surface area contributed by atoms with E-state index in [-0.39, 0.29) is 6.54 Å². The average Bonchev–Trinajstić information content (AvgIpc) is 2.47. The molecule has 0 aliphatic carbocycles. The van der Waals surface area contributed by atoms with Gasteiger partial charge in [-0.25, -0.2) is 0 Å². The van der Waals surface area contributed by atoms with E-state index in [4.69, 9.17) is 11.1 Å². The van der Waals surface area contributed by atoms with Crippen LogP contribution in [0.2, 0.25) is 0 Å². The highest BCUT2D eigenvalue weighted by molar-refractivity contribution is 6.14. The van der Waals surface area contributed by atoms with Crippen LogP contribution in [0, 0.1) is 10.3 Å². The highest BCUT2D eigenvalue weighted by atomic mass is 16.3. The minimum Gasteiger partial charge on any atom is -0.398 e. The smallest absolute Gasteiger partial charge is 0.257 e. The van der Waals surface area contributed by atoms with Gasteiger partial charge in [-0.1, -0.05) is 36.9 Å². The largest absolute Gasteiger partial charge is 0.398 e. The number of hydrogen-bond donors (Lipinski definition) is 2. The van der Waals surface area contributed by atoms with Crippen LogP contribution in [0.1, 0.15) is 11.1 Å². The van der Waals surface area contributed by atoms with Gasteiger partial charge in [-0.05, 0) is 12.1 Å². The molecular weight excluding hydrogens is 250 g/mol. The summed E-state index contributed by atoms with van der Waals surface area (Å²) in [5.74, 6) is 0. The number of rotatable bonds is 5. The quantitative estimate of drug-likeness (QED) is 0.377. The Bertz CT molecular complexity index is 677. The van der Waals surface area contributed by atoms with Gasteiger partial charge in [0.15, 0.2) is 0 Å². The Kier molecular flexibility index (Phi) is 4.05.